The molecule has 0 aromatic heterocycles. The van der Waals surface area contributed by atoms with Gasteiger partial charge in [0, 0.05) is 6.10 Å². The van der Waals surface area contributed by atoms with E-state index in [1.165, 1.54) is 24.8 Å². The Hall–Kier alpha value is -0.0831. The van der Waals surface area contributed by atoms with Gasteiger partial charge in [0.15, 0.2) is 8.32 Å². The highest BCUT2D eigenvalue weighted by Crippen LogP contribution is 2.26. The van der Waals surface area contributed by atoms with Gasteiger partial charge in [0.25, 0.3) is 0 Å². The standard InChI is InChI=1S/C10H20OSi/c1-9-6-5-7-10(8-9)11-12(2,3)4/h10H,1,5-8H2,2-4H3. The van der Waals surface area contributed by atoms with Crippen molar-refractivity contribution < 1.29 is 4.43 Å². The summed E-state index contributed by atoms with van der Waals surface area (Å²) < 4.78 is 6.03. The van der Waals surface area contributed by atoms with Crippen LogP contribution in [0.1, 0.15) is 25.7 Å². The lowest BCUT2D eigenvalue weighted by Crippen LogP contribution is -2.33. The number of rotatable bonds is 2. The van der Waals surface area contributed by atoms with E-state index >= 15 is 0 Å². The van der Waals surface area contributed by atoms with E-state index in [9.17, 15) is 0 Å². The van der Waals surface area contributed by atoms with Crippen LogP contribution in [0.2, 0.25) is 19.6 Å². The first-order chi connectivity index (χ1) is 5.47. The fraction of sp³-hybridized carbons (Fsp3) is 0.800. The first-order valence-corrected chi connectivity index (χ1v) is 8.23. The number of hydrogen-bond acceptors (Lipinski definition) is 1. The molecule has 2 heteroatoms. The second-order valence-electron chi connectivity index (χ2n) is 4.70. The monoisotopic (exact) mass is 184 g/mol. The lowest BCUT2D eigenvalue weighted by molar-refractivity contribution is 0.168. The third-order valence-electron chi connectivity index (χ3n) is 2.09. The van der Waals surface area contributed by atoms with Crippen LogP contribution < -0.4 is 0 Å². The van der Waals surface area contributed by atoms with Crippen LogP contribution in [-0.2, 0) is 4.43 Å². The van der Waals surface area contributed by atoms with Crippen LogP contribution >= 0.6 is 0 Å². The van der Waals surface area contributed by atoms with Crippen LogP contribution in [0.25, 0.3) is 0 Å². The molecule has 0 radical (unpaired) electrons. The van der Waals surface area contributed by atoms with Gasteiger partial charge in [-0.05, 0) is 45.3 Å². The molecule has 0 amide bonds. The van der Waals surface area contributed by atoms with Crippen molar-refractivity contribution in [2.45, 2.75) is 51.4 Å². The average molecular weight is 184 g/mol. The second-order valence-corrected chi connectivity index (χ2v) is 9.16. The Kier molecular flexibility index (Phi) is 3.13. The molecule has 1 rings (SSSR count). The Morgan fingerprint density at radius 1 is 1.42 bits per heavy atom. The first kappa shape index (κ1) is 10.0. The van der Waals surface area contributed by atoms with E-state index in [1.54, 1.807) is 0 Å². The maximum Gasteiger partial charge on any atom is 0.184 e. The Labute approximate surface area is 76.9 Å². The Morgan fingerprint density at radius 2 is 2.08 bits per heavy atom. The van der Waals surface area contributed by atoms with Crippen molar-refractivity contribution in [3.8, 4) is 0 Å². The maximum atomic E-state index is 6.03. The van der Waals surface area contributed by atoms with Gasteiger partial charge in [-0.2, -0.15) is 0 Å². The molecule has 70 valence electrons. The van der Waals surface area contributed by atoms with Crippen molar-refractivity contribution in [2.24, 2.45) is 0 Å². The van der Waals surface area contributed by atoms with Crippen LogP contribution in [0, 0.1) is 0 Å². The van der Waals surface area contributed by atoms with Gasteiger partial charge in [-0.15, -0.1) is 0 Å². The molecule has 0 aliphatic heterocycles. The van der Waals surface area contributed by atoms with Crippen LogP contribution in [0.3, 0.4) is 0 Å². The molecule has 0 heterocycles. The van der Waals surface area contributed by atoms with Gasteiger partial charge >= 0.3 is 0 Å². The third kappa shape index (κ3) is 3.54. The molecule has 0 N–H and O–H groups in total. The highest BCUT2D eigenvalue weighted by molar-refractivity contribution is 6.69. The molecule has 0 aromatic rings. The largest absolute Gasteiger partial charge is 0.414 e. The Bertz CT molecular complexity index is 169. The molecule has 1 aliphatic carbocycles. The van der Waals surface area contributed by atoms with Crippen LogP contribution in [0.15, 0.2) is 12.2 Å². The third-order valence-corrected chi connectivity index (χ3v) is 3.13. The van der Waals surface area contributed by atoms with Gasteiger partial charge in [0.1, 0.15) is 0 Å². The van der Waals surface area contributed by atoms with E-state index < -0.39 is 8.32 Å². The second kappa shape index (κ2) is 3.75. The van der Waals surface area contributed by atoms with Gasteiger partial charge in [-0.25, -0.2) is 0 Å². The van der Waals surface area contributed by atoms with Crippen LogP contribution in [-0.4, -0.2) is 14.4 Å². The summed E-state index contributed by atoms with van der Waals surface area (Å²) in [4.78, 5) is 0. The average Bonchev–Trinajstić information content (AvgIpc) is 1.82. The van der Waals surface area contributed by atoms with Gasteiger partial charge in [0.2, 0.25) is 0 Å². The quantitative estimate of drug-likeness (QED) is 0.472. The summed E-state index contributed by atoms with van der Waals surface area (Å²) in [6.45, 7) is 10.8. The minimum atomic E-state index is -1.32. The molecule has 1 nitrogen and oxygen atoms in total. The number of hydrogen-bond donors (Lipinski definition) is 0. The van der Waals surface area contributed by atoms with E-state index in [-0.39, 0.29) is 0 Å². The smallest absolute Gasteiger partial charge is 0.184 e. The summed E-state index contributed by atoms with van der Waals surface area (Å²) >= 11 is 0. The summed E-state index contributed by atoms with van der Waals surface area (Å²) in [5.74, 6) is 0. The molecule has 0 bridgehead atoms. The molecule has 12 heavy (non-hydrogen) atoms. The minimum Gasteiger partial charge on any atom is -0.414 e. The lowest BCUT2D eigenvalue weighted by atomic mass is 9.94. The molecule has 0 spiro atoms. The lowest BCUT2D eigenvalue weighted by Gasteiger charge is -2.30. The van der Waals surface area contributed by atoms with E-state index in [0.29, 0.717) is 6.10 Å². The van der Waals surface area contributed by atoms with Crippen molar-refractivity contribution in [1.82, 2.24) is 0 Å². The van der Waals surface area contributed by atoms with Gasteiger partial charge < -0.3 is 4.43 Å². The van der Waals surface area contributed by atoms with Crippen molar-refractivity contribution in [2.75, 3.05) is 0 Å². The molecule has 0 saturated heterocycles. The molecular weight excluding hydrogens is 164 g/mol. The zero-order valence-corrected chi connectivity index (χ0v) is 9.52. The summed E-state index contributed by atoms with van der Waals surface area (Å²) in [5.41, 5.74) is 1.38. The predicted molar refractivity (Wildman–Crippen MR) is 55.8 cm³/mol. The van der Waals surface area contributed by atoms with Crippen LogP contribution in [0.4, 0.5) is 0 Å². The van der Waals surface area contributed by atoms with Crippen molar-refractivity contribution in [3.63, 3.8) is 0 Å². The predicted octanol–water partition coefficient (Wildman–Crippen LogP) is 3.34. The fourth-order valence-corrected chi connectivity index (χ4v) is 2.91. The van der Waals surface area contributed by atoms with E-state index in [0.717, 1.165) is 6.42 Å². The molecule has 1 unspecified atom stereocenters. The summed E-state index contributed by atoms with van der Waals surface area (Å²) in [5, 5.41) is 0. The molecule has 1 atom stereocenters. The fourth-order valence-electron chi connectivity index (χ4n) is 1.71. The normalized spacial score (nSPS) is 25.9. The summed E-state index contributed by atoms with van der Waals surface area (Å²) in [7, 11) is -1.32. The van der Waals surface area contributed by atoms with Crippen molar-refractivity contribution >= 4 is 8.32 Å². The highest BCUT2D eigenvalue weighted by Gasteiger charge is 2.23. The van der Waals surface area contributed by atoms with Crippen LogP contribution in [0.5, 0.6) is 0 Å². The molecule has 1 saturated carbocycles. The highest BCUT2D eigenvalue weighted by atomic mass is 28.4. The Morgan fingerprint density at radius 3 is 2.58 bits per heavy atom. The van der Waals surface area contributed by atoms with E-state index in [4.69, 9.17) is 4.43 Å². The molecular formula is C10H20OSi. The molecule has 1 aliphatic rings. The van der Waals surface area contributed by atoms with E-state index in [1.807, 2.05) is 0 Å². The van der Waals surface area contributed by atoms with Gasteiger partial charge in [-0.1, -0.05) is 12.2 Å². The van der Waals surface area contributed by atoms with E-state index in [2.05, 4.69) is 26.2 Å². The summed E-state index contributed by atoms with van der Waals surface area (Å²) in [6, 6.07) is 0. The zero-order valence-electron chi connectivity index (χ0n) is 8.52. The zero-order chi connectivity index (χ0) is 9.19. The van der Waals surface area contributed by atoms with Gasteiger partial charge in [-0.3, -0.25) is 0 Å². The van der Waals surface area contributed by atoms with Crippen molar-refractivity contribution in [3.05, 3.63) is 12.2 Å². The maximum absolute atomic E-state index is 6.03. The Balaban J connectivity index is 2.37. The van der Waals surface area contributed by atoms with Crippen molar-refractivity contribution in [1.29, 1.82) is 0 Å². The SMILES string of the molecule is C=C1CCCC(O[Si](C)(C)C)C1. The van der Waals surface area contributed by atoms with Gasteiger partial charge in [0.05, 0.1) is 0 Å². The minimum absolute atomic E-state index is 0.484. The summed E-state index contributed by atoms with van der Waals surface area (Å²) in [6.07, 6.45) is 5.31. The topological polar surface area (TPSA) is 9.23 Å². The first-order valence-electron chi connectivity index (χ1n) is 4.82. The molecule has 1 fully saturated rings. The molecule has 0 aromatic carbocycles.